The molecule has 0 bridgehead atoms. The minimum atomic E-state index is -0.0127. The number of hydrogen-bond donors (Lipinski definition) is 1. The normalized spacial score (nSPS) is 13.9. The SMILES string of the molecule is COC(C)Cn1c(C(C)(C)C)nc2cc(N)ccc21. The molecule has 0 aliphatic heterocycles. The maximum atomic E-state index is 5.85. The summed E-state index contributed by atoms with van der Waals surface area (Å²) in [5.74, 6) is 1.07. The van der Waals surface area contributed by atoms with Gasteiger partial charge in [0.1, 0.15) is 5.82 Å². The van der Waals surface area contributed by atoms with Crippen LogP contribution in [0.4, 0.5) is 5.69 Å². The van der Waals surface area contributed by atoms with Gasteiger partial charge in [0.25, 0.3) is 0 Å². The first-order valence-electron chi connectivity index (χ1n) is 6.62. The lowest BCUT2D eigenvalue weighted by Crippen LogP contribution is -2.23. The fourth-order valence-corrected chi connectivity index (χ4v) is 2.24. The monoisotopic (exact) mass is 261 g/mol. The van der Waals surface area contributed by atoms with Gasteiger partial charge in [0.05, 0.1) is 23.7 Å². The van der Waals surface area contributed by atoms with Crippen LogP contribution >= 0.6 is 0 Å². The van der Waals surface area contributed by atoms with E-state index in [2.05, 4.69) is 32.3 Å². The number of benzene rings is 1. The zero-order chi connectivity index (χ0) is 14.2. The first-order chi connectivity index (χ1) is 8.82. The van der Waals surface area contributed by atoms with Crippen molar-refractivity contribution in [1.29, 1.82) is 0 Å². The summed E-state index contributed by atoms with van der Waals surface area (Å²) in [5, 5.41) is 0. The number of nitrogen functional groups attached to an aromatic ring is 1. The summed E-state index contributed by atoms with van der Waals surface area (Å²) in [7, 11) is 1.73. The minimum Gasteiger partial charge on any atom is -0.399 e. The summed E-state index contributed by atoms with van der Waals surface area (Å²) in [5.41, 5.74) is 8.65. The first kappa shape index (κ1) is 13.9. The maximum Gasteiger partial charge on any atom is 0.115 e. The fourth-order valence-electron chi connectivity index (χ4n) is 2.24. The second-order valence-electron chi connectivity index (χ2n) is 6.09. The van der Waals surface area contributed by atoms with Crippen LogP contribution in [-0.2, 0) is 16.7 Å². The van der Waals surface area contributed by atoms with E-state index in [0.717, 1.165) is 29.1 Å². The third-order valence-corrected chi connectivity index (χ3v) is 3.29. The van der Waals surface area contributed by atoms with E-state index in [1.807, 2.05) is 18.2 Å². The van der Waals surface area contributed by atoms with Gasteiger partial charge in [-0.3, -0.25) is 0 Å². The zero-order valence-corrected chi connectivity index (χ0v) is 12.4. The van der Waals surface area contributed by atoms with Gasteiger partial charge in [0, 0.05) is 18.2 Å². The van der Waals surface area contributed by atoms with Crippen LogP contribution in [0.3, 0.4) is 0 Å². The van der Waals surface area contributed by atoms with Gasteiger partial charge in [-0.25, -0.2) is 4.98 Å². The highest BCUT2D eigenvalue weighted by molar-refractivity contribution is 5.79. The van der Waals surface area contributed by atoms with E-state index in [4.69, 9.17) is 15.5 Å². The number of fused-ring (bicyclic) bond motifs is 1. The zero-order valence-electron chi connectivity index (χ0n) is 12.4. The predicted octanol–water partition coefficient (Wildman–Crippen LogP) is 2.95. The van der Waals surface area contributed by atoms with Gasteiger partial charge in [-0.2, -0.15) is 0 Å². The predicted molar refractivity (Wildman–Crippen MR) is 79.3 cm³/mol. The quantitative estimate of drug-likeness (QED) is 0.864. The van der Waals surface area contributed by atoms with Gasteiger partial charge in [0.15, 0.2) is 0 Å². The molecule has 19 heavy (non-hydrogen) atoms. The molecule has 0 saturated carbocycles. The summed E-state index contributed by atoms with van der Waals surface area (Å²) in [4.78, 5) is 4.76. The van der Waals surface area contributed by atoms with Gasteiger partial charge >= 0.3 is 0 Å². The molecule has 2 aromatic rings. The van der Waals surface area contributed by atoms with Crippen molar-refractivity contribution in [3.63, 3.8) is 0 Å². The van der Waals surface area contributed by atoms with Gasteiger partial charge in [0.2, 0.25) is 0 Å². The number of methoxy groups -OCH3 is 1. The summed E-state index contributed by atoms with van der Waals surface area (Å²) in [6, 6.07) is 5.89. The highest BCUT2D eigenvalue weighted by atomic mass is 16.5. The lowest BCUT2D eigenvalue weighted by molar-refractivity contribution is 0.103. The Bertz CT molecular complexity index is 581. The standard InChI is InChI=1S/C15H23N3O/c1-10(19-5)9-18-13-7-6-11(16)8-12(13)17-14(18)15(2,3)4/h6-8,10H,9,16H2,1-5H3. The first-order valence-corrected chi connectivity index (χ1v) is 6.62. The lowest BCUT2D eigenvalue weighted by Gasteiger charge is -2.22. The molecule has 0 spiro atoms. The average Bonchev–Trinajstić information content (AvgIpc) is 2.67. The van der Waals surface area contributed by atoms with Gasteiger partial charge in [-0.15, -0.1) is 0 Å². The van der Waals surface area contributed by atoms with Crippen molar-refractivity contribution in [3.8, 4) is 0 Å². The molecule has 0 aliphatic carbocycles. The Balaban J connectivity index is 2.62. The number of rotatable bonds is 3. The average molecular weight is 261 g/mol. The maximum absolute atomic E-state index is 5.85. The highest BCUT2D eigenvalue weighted by Crippen LogP contribution is 2.27. The highest BCUT2D eigenvalue weighted by Gasteiger charge is 2.23. The number of nitrogens with two attached hydrogens (primary N) is 1. The summed E-state index contributed by atoms with van der Waals surface area (Å²) >= 11 is 0. The van der Waals surface area contributed by atoms with Gasteiger partial charge in [-0.1, -0.05) is 20.8 Å². The molecule has 4 heteroatoms. The summed E-state index contributed by atoms with van der Waals surface area (Å²) in [6.07, 6.45) is 0.149. The number of aromatic nitrogens is 2. The molecule has 1 aromatic carbocycles. The van der Waals surface area contributed by atoms with Crippen molar-refractivity contribution in [3.05, 3.63) is 24.0 Å². The van der Waals surface area contributed by atoms with Crippen LogP contribution < -0.4 is 5.73 Å². The van der Waals surface area contributed by atoms with Crippen molar-refractivity contribution in [2.75, 3.05) is 12.8 Å². The van der Waals surface area contributed by atoms with Crippen LogP contribution in [0, 0.1) is 0 Å². The lowest BCUT2D eigenvalue weighted by atomic mass is 9.95. The van der Waals surface area contributed by atoms with E-state index in [1.54, 1.807) is 7.11 Å². The molecule has 2 N–H and O–H groups in total. The van der Waals surface area contributed by atoms with Crippen LogP contribution in [0.15, 0.2) is 18.2 Å². The van der Waals surface area contributed by atoms with Crippen molar-refractivity contribution < 1.29 is 4.74 Å². The van der Waals surface area contributed by atoms with Crippen molar-refractivity contribution in [2.24, 2.45) is 0 Å². The Labute approximate surface area is 114 Å². The molecular weight excluding hydrogens is 238 g/mol. The third-order valence-electron chi connectivity index (χ3n) is 3.29. The van der Waals surface area contributed by atoms with E-state index >= 15 is 0 Å². The van der Waals surface area contributed by atoms with E-state index in [9.17, 15) is 0 Å². The molecule has 4 nitrogen and oxygen atoms in total. The molecule has 0 amide bonds. The molecule has 1 aromatic heterocycles. The number of ether oxygens (including phenoxy) is 1. The Kier molecular flexibility index (Phi) is 3.54. The Hall–Kier alpha value is -1.55. The van der Waals surface area contributed by atoms with Crippen LogP contribution in [0.5, 0.6) is 0 Å². The molecule has 0 aliphatic rings. The molecule has 104 valence electrons. The van der Waals surface area contributed by atoms with Gasteiger partial charge in [-0.05, 0) is 25.1 Å². The second kappa shape index (κ2) is 4.85. The molecule has 1 heterocycles. The smallest absolute Gasteiger partial charge is 0.115 e. The van der Waals surface area contributed by atoms with Gasteiger partial charge < -0.3 is 15.0 Å². The van der Waals surface area contributed by atoms with Crippen LogP contribution in [0.2, 0.25) is 0 Å². The number of imidazole rings is 1. The van der Waals surface area contributed by atoms with Crippen LogP contribution in [-0.4, -0.2) is 22.8 Å². The molecule has 1 atom stereocenters. The van der Waals surface area contributed by atoms with Crippen LogP contribution in [0.25, 0.3) is 11.0 Å². The largest absolute Gasteiger partial charge is 0.399 e. The molecule has 0 saturated heterocycles. The van der Waals surface area contributed by atoms with Crippen molar-refractivity contribution in [1.82, 2.24) is 9.55 Å². The molecule has 2 rings (SSSR count). The fraction of sp³-hybridized carbons (Fsp3) is 0.533. The second-order valence-corrected chi connectivity index (χ2v) is 6.09. The van der Waals surface area contributed by atoms with Crippen molar-refractivity contribution >= 4 is 16.7 Å². The number of nitrogens with zero attached hydrogens (tertiary/aromatic N) is 2. The van der Waals surface area contributed by atoms with Crippen LogP contribution in [0.1, 0.15) is 33.5 Å². The summed E-state index contributed by atoms with van der Waals surface area (Å²) in [6.45, 7) is 9.38. The van der Waals surface area contributed by atoms with Crippen molar-refractivity contribution in [2.45, 2.75) is 45.8 Å². The van der Waals surface area contributed by atoms with E-state index < -0.39 is 0 Å². The minimum absolute atomic E-state index is 0.0127. The molecule has 1 unspecified atom stereocenters. The number of anilines is 1. The Morgan fingerprint density at radius 1 is 1.37 bits per heavy atom. The Morgan fingerprint density at radius 3 is 2.63 bits per heavy atom. The Morgan fingerprint density at radius 2 is 2.05 bits per heavy atom. The summed E-state index contributed by atoms with van der Waals surface area (Å²) < 4.78 is 7.63. The third kappa shape index (κ3) is 2.73. The van der Waals surface area contributed by atoms with E-state index in [0.29, 0.717) is 0 Å². The molecular formula is C15H23N3O. The number of hydrogen-bond acceptors (Lipinski definition) is 3. The topological polar surface area (TPSA) is 53.1 Å². The van der Waals surface area contributed by atoms with E-state index in [1.165, 1.54) is 0 Å². The molecule has 0 radical (unpaired) electrons. The molecule has 0 fully saturated rings. The van der Waals surface area contributed by atoms with E-state index in [-0.39, 0.29) is 11.5 Å².